The highest BCUT2D eigenvalue weighted by Gasteiger charge is 2.23. The Hall–Kier alpha value is -1.95. The number of nitrogens with one attached hydrogen (secondary N) is 1. The molecule has 2 amide bonds. The van der Waals surface area contributed by atoms with E-state index in [2.05, 4.69) is 10.2 Å². The summed E-state index contributed by atoms with van der Waals surface area (Å²) in [5.74, 6) is -0.266. The summed E-state index contributed by atoms with van der Waals surface area (Å²) in [6.07, 6.45) is 7.18. The predicted molar refractivity (Wildman–Crippen MR) is 103 cm³/mol. The Labute approximate surface area is 160 Å². The van der Waals surface area contributed by atoms with Crippen molar-refractivity contribution in [3.63, 3.8) is 0 Å². The molecular formula is C21H30FN3O2. The second-order valence-corrected chi connectivity index (χ2v) is 7.65. The number of piperazine rings is 1. The van der Waals surface area contributed by atoms with Gasteiger partial charge in [-0.1, -0.05) is 19.3 Å². The summed E-state index contributed by atoms with van der Waals surface area (Å²) >= 11 is 0. The number of hydrogen-bond acceptors (Lipinski definition) is 3. The Kier molecular flexibility index (Phi) is 7.21. The van der Waals surface area contributed by atoms with Gasteiger partial charge in [-0.3, -0.25) is 9.69 Å². The quantitative estimate of drug-likeness (QED) is 0.775. The summed E-state index contributed by atoms with van der Waals surface area (Å²) in [7, 11) is 0. The number of benzene rings is 1. The van der Waals surface area contributed by atoms with Crippen molar-refractivity contribution in [2.45, 2.75) is 51.0 Å². The lowest BCUT2D eigenvalue weighted by atomic mass is 9.96. The molecular weight excluding hydrogens is 345 g/mol. The summed E-state index contributed by atoms with van der Waals surface area (Å²) in [6.45, 7) is 4.03. The van der Waals surface area contributed by atoms with Gasteiger partial charge in [0.1, 0.15) is 5.82 Å². The summed E-state index contributed by atoms with van der Waals surface area (Å²) in [6, 6.07) is 6.16. The van der Waals surface area contributed by atoms with E-state index in [1.807, 2.05) is 4.90 Å². The van der Waals surface area contributed by atoms with E-state index in [4.69, 9.17) is 0 Å². The van der Waals surface area contributed by atoms with Crippen LogP contribution in [-0.4, -0.2) is 60.4 Å². The minimum absolute atomic E-state index is 0.0560. The van der Waals surface area contributed by atoms with Crippen LogP contribution in [0.4, 0.5) is 9.18 Å². The number of amides is 2. The van der Waals surface area contributed by atoms with Gasteiger partial charge in [-0.05, 0) is 50.1 Å². The highest BCUT2D eigenvalue weighted by Crippen LogP contribution is 2.18. The Morgan fingerprint density at radius 2 is 1.67 bits per heavy atom. The maximum Gasteiger partial charge on any atom is 0.317 e. The molecule has 1 aromatic carbocycles. The van der Waals surface area contributed by atoms with Gasteiger partial charge in [0.25, 0.3) is 0 Å². The fourth-order valence-electron chi connectivity index (χ4n) is 3.93. The van der Waals surface area contributed by atoms with Crippen molar-refractivity contribution in [2.75, 3.05) is 32.7 Å². The van der Waals surface area contributed by atoms with Crippen LogP contribution in [-0.2, 0) is 0 Å². The summed E-state index contributed by atoms with van der Waals surface area (Å²) in [5.41, 5.74) is 0.570. The van der Waals surface area contributed by atoms with Crippen molar-refractivity contribution < 1.29 is 14.0 Å². The molecule has 1 aliphatic heterocycles. The van der Waals surface area contributed by atoms with E-state index >= 15 is 0 Å². The van der Waals surface area contributed by atoms with Gasteiger partial charge >= 0.3 is 6.03 Å². The van der Waals surface area contributed by atoms with Crippen molar-refractivity contribution in [1.82, 2.24) is 15.1 Å². The van der Waals surface area contributed by atoms with Crippen molar-refractivity contribution in [1.29, 1.82) is 0 Å². The van der Waals surface area contributed by atoms with Crippen LogP contribution < -0.4 is 5.32 Å². The van der Waals surface area contributed by atoms with Gasteiger partial charge < -0.3 is 10.2 Å². The molecule has 2 fully saturated rings. The third kappa shape index (κ3) is 6.03. The van der Waals surface area contributed by atoms with E-state index in [-0.39, 0.29) is 17.6 Å². The number of halogens is 1. The van der Waals surface area contributed by atoms with Gasteiger partial charge in [0.15, 0.2) is 5.78 Å². The summed E-state index contributed by atoms with van der Waals surface area (Å²) in [4.78, 5) is 28.7. The first-order valence-electron chi connectivity index (χ1n) is 10.2. The van der Waals surface area contributed by atoms with E-state index in [1.54, 1.807) is 12.1 Å². The molecule has 1 N–H and O–H groups in total. The maximum absolute atomic E-state index is 12.9. The Morgan fingerprint density at radius 3 is 2.33 bits per heavy atom. The van der Waals surface area contributed by atoms with E-state index in [0.717, 1.165) is 52.0 Å². The molecule has 1 saturated heterocycles. The minimum atomic E-state index is -0.322. The van der Waals surface area contributed by atoms with Crippen molar-refractivity contribution in [3.05, 3.63) is 35.6 Å². The zero-order valence-electron chi connectivity index (χ0n) is 16.0. The molecule has 2 aliphatic rings. The molecule has 1 heterocycles. The number of hydrogen-bond donors (Lipinski definition) is 1. The standard InChI is InChI=1S/C21H30FN3O2/c22-18-10-8-17(9-11-18)20(26)7-4-12-24-13-15-25(16-14-24)21(27)23-19-5-2-1-3-6-19/h8-11,19H,1-7,12-16H2,(H,23,27). The molecule has 3 rings (SSSR count). The fraction of sp³-hybridized carbons (Fsp3) is 0.619. The van der Waals surface area contributed by atoms with E-state index in [1.165, 1.54) is 31.4 Å². The molecule has 27 heavy (non-hydrogen) atoms. The SMILES string of the molecule is O=C(CCCN1CCN(C(=O)NC2CCCCC2)CC1)c1ccc(F)cc1. The minimum Gasteiger partial charge on any atom is -0.335 e. The molecule has 0 radical (unpaired) electrons. The number of carbonyl (C=O) groups excluding carboxylic acids is 2. The van der Waals surface area contributed by atoms with E-state index in [0.29, 0.717) is 18.0 Å². The van der Waals surface area contributed by atoms with Crippen LogP contribution in [0.25, 0.3) is 0 Å². The van der Waals surface area contributed by atoms with Gasteiger partial charge in [0, 0.05) is 44.2 Å². The van der Waals surface area contributed by atoms with E-state index < -0.39 is 0 Å². The first kappa shape index (κ1) is 19.8. The molecule has 0 aromatic heterocycles. The predicted octanol–water partition coefficient (Wildman–Crippen LogP) is 3.45. The van der Waals surface area contributed by atoms with Crippen LogP contribution >= 0.6 is 0 Å². The third-order valence-corrected chi connectivity index (χ3v) is 5.64. The molecule has 6 heteroatoms. The molecule has 1 aromatic rings. The number of ketones is 1. The van der Waals surface area contributed by atoms with Gasteiger partial charge in [-0.25, -0.2) is 9.18 Å². The smallest absolute Gasteiger partial charge is 0.317 e. The fourth-order valence-corrected chi connectivity index (χ4v) is 3.93. The molecule has 1 saturated carbocycles. The zero-order valence-corrected chi connectivity index (χ0v) is 16.0. The maximum atomic E-state index is 12.9. The topological polar surface area (TPSA) is 52.7 Å². The number of urea groups is 1. The van der Waals surface area contributed by atoms with Crippen molar-refractivity contribution >= 4 is 11.8 Å². The number of rotatable bonds is 6. The lowest BCUT2D eigenvalue weighted by molar-refractivity contribution is 0.0967. The lowest BCUT2D eigenvalue weighted by Gasteiger charge is -2.36. The van der Waals surface area contributed by atoms with Gasteiger partial charge in [0.05, 0.1) is 0 Å². The third-order valence-electron chi connectivity index (χ3n) is 5.64. The average molecular weight is 375 g/mol. The molecule has 1 aliphatic carbocycles. The van der Waals surface area contributed by atoms with Crippen LogP contribution in [0.5, 0.6) is 0 Å². The second kappa shape index (κ2) is 9.83. The largest absolute Gasteiger partial charge is 0.335 e. The van der Waals surface area contributed by atoms with Crippen molar-refractivity contribution in [3.8, 4) is 0 Å². The molecule has 0 bridgehead atoms. The Morgan fingerprint density at radius 1 is 1.00 bits per heavy atom. The van der Waals surface area contributed by atoms with Crippen LogP contribution in [0.1, 0.15) is 55.3 Å². The Balaban J connectivity index is 1.32. The number of Topliss-reactive ketones (excluding diaryl/α,β-unsaturated/α-hetero) is 1. The van der Waals surface area contributed by atoms with Crippen LogP contribution in [0.3, 0.4) is 0 Å². The lowest BCUT2D eigenvalue weighted by Crippen LogP contribution is -2.53. The number of carbonyl (C=O) groups is 2. The highest BCUT2D eigenvalue weighted by molar-refractivity contribution is 5.95. The zero-order chi connectivity index (χ0) is 19.1. The second-order valence-electron chi connectivity index (χ2n) is 7.65. The molecule has 148 valence electrons. The normalized spacial score (nSPS) is 19.1. The average Bonchev–Trinajstić information content (AvgIpc) is 2.69. The molecule has 0 spiro atoms. The monoisotopic (exact) mass is 375 g/mol. The van der Waals surface area contributed by atoms with Crippen molar-refractivity contribution in [2.24, 2.45) is 0 Å². The van der Waals surface area contributed by atoms with E-state index in [9.17, 15) is 14.0 Å². The van der Waals surface area contributed by atoms with Crippen LogP contribution in [0.2, 0.25) is 0 Å². The summed E-state index contributed by atoms with van der Waals surface area (Å²) in [5, 5.41) is 3.18. The van der Waals surface area contributed by atoms with Crippen LogP contribution in [0.15, 0.2) is 24.3 Å². The van der Waals surface area contributed by atoms with Gasteiger partial charge in [-0.2, -0.15) is 0 Å². The van der Waals surface area contributed by atoms with Crippen LogP contribution in [0, 0.1) is 5.82 Å². The van der Waals surface area contributed by atoms with Gasteiger partial charge in [-0.15, -0.1) is 0 Å². The Bertz CT molecular complexity index is 621. The first-order chi connectivity index (χ1) is 13.1. The molecule has 0 atom stereocenters. The highest BCUT2D eigenvalue weighted by atomic mass is 19.1. The van der Waals surface area contributed by atoms with Gasteiger partial charge in [0.2, 0.25) is 0 Å². The summed E-state index contributed by atoms with van der Waals surface area (Å²) < 4.78 is 12.9. The molecule has 5 nitrogen and oxygen atoms in total. The molecule has 0 unspecified atom stereocenters. The first-order valence-corrected chi connectivity index (χ1v) is 10.2. The number of nitrogens with zero attached hydrogens (tertiary/aromatic N) is 2.